The van der Waals surface area contributed by atoms with Crippen LogP contribution in [0.25, 0.3) is 0 Å². The van der Waals surface area contributed by atoms with Crippen LogP contribution in [0.15, 0.2) is 11.1 Å². The predicted molar refractivity (Wildman–Crippen MR) is 67.6 cm³/mol. The number of hydrogen-bond acceptors (Lipinski definition) is 4. The van der Waals surface area contributed by atoms with Crippen LogP contribution in [0.4, 0.5) is 0 Å². The number of aliphatic hydroxyl groups is 4. The molecule has 4 nitrogen and oxygen atoms in total. The molecular weight excluding hydrogens is 220 g/mol. The highest BCUT2D eigenvalue weighted by Crippen LogP contribution is 2.23. The number of rotatable bonds is 8. The maximum absolute atomic E-state index is 9.45. The van der Waals surface area contributed by atoms with Crippen LogP contribution >= 0.6 is 0 Å². The minimum absolute atomic E-state index is 0.0190. The standard InChI is InChI=1S/C13H26O4/c1-9(15)6-12(4-5-14)13(7-10(2)16)8-11(3)17/h9-11,14-17H,4-8H2,1-3H3. The van der Waals surface area contributed by atoms with Crippen LogP contribution in [0.2, 0.25) is 0 Å². The van der Waals surface area contributed by atoms with Gasteiger partial charge in [-0.1, -0.05) is 11.1 Å². The summed E-state index contributed by atoms with van der Waals surface area (Å²) in [4.78, 5) is 0. The molecule has 0 rings (SSSR count). The highest BCUT2D eigenvalue weighted by atomic mass is 16.3. The van der Waals surface area contributed by atoms with Gasteiger partial charge in [0.05, 0.1) is 18.3 Å². The molecule has 0 aliphatic rings. The molecule has 0 amide bonds. The van der Waals surface area contributed by atoms with Gasteiger partial charge in [0.15, 0.2) is 0 Å². The van der Waals surface area contributed by atoms with E-state index in [0.717, 1.165) is 11.1 Å². The number of aliphatic hydroxyl groups excluding tert-OH is 4. The fourth-order valence-corrected chi connectivity index (χ4v) is 2.00. The quantitative estimate of drug-likeness (QED) is 0.481. The third-order valence-electron chi connectivity index (χ3n) is 2.54. The second kappa shape index (κ2) is 8.64. The largest absolute Gasteiger partial charge is 0.396 e. The van der Waals surface area contributed by atoms with E-state index < -0.39 is 18.3 Å². The summed E-state index contributed by atoms with van der Waals surface area (Å²) in [6, 6.07) is 0. The van der Waals surface area contributed by atoms with Crippen molar-refractivity contribution in [3.8, 4) is 0 Å². The topological polar surface area (TPSA) is 80.9 Å². The molecule has 4 heteroatoms. The van der Waals surface area contributed by atoms with Gasteiger partial charge >= 0.3 is 0 Å². The maximum Gasteiger partial charge on any atom is 0.0549 e. The van der Waals surface area contributed by atoms with Gasteiger partial charge in [0.1, 0.15) is 0 Å². The monoisotopic (exact) mass is 246 g/mol. The zero-order valence-corrected chi connectivity index (χ0v) is 11.1. The molecule has 0 aliphatic carbocycles. The lowest BCUT2D eigenvalue weighted by molar-refractivity contribution is 0.170. The Balaban J connectivity index is 4.92. The van der Waals surface area contributed by atoms with E-state index in [0.29, 0.717) is 25.7 Å². The summed E-state index contributed by atoms with van der Waals surface area (Å²) in [5.41, 5.74) is 1.90. The first-order valence-corrected chi connectivity index (χ1v) is 6.21. The predicted octanol–water partition coefficient (Wildman–Crippen LogP) is 0.978. The molecule has 0 saturated carbocycles. The Labute approximate surface area is 104 Å². The van der Waals surface area contributed by atoms with Crippen molar-refractivity contribution in [3.63, 3.8) is 0 Å². The van der Waals surface area contributed by atoms with E-state index in [-0.39, 0.29) is 6.61 Å². The zero-order chi connectivity index (χ0) is 13.4. The summed E-state index contributed by atoms with van der Waals surface area (Å²) in [5.74, 6) is 0. The van der Waals surface area contributed by atoms with Crippen LogP contribution in [-0.2, 0) is 0 Å². The molecule has 0 saturated heterocycles. The molecule has 0 aromatic rings. The number of hydrogen-bond donors (Lipinski definition) is 4. The summed E-state index contributed by atoms with van der Waals surface area (Å²) < 4.78 is 0. The first-order chi connectivity index (χ1) is 7.86. The maximum atomic E-state index is 9.45. The van der Waals surface area contributed by atoms with Crippen LogP contribution in [0, 0.1) is 0 Å². The van der Waals surface area contributed by atoms with E-state index in [1.165, 1.54) is 0 Å². The van der Waals surface area contributed by atoms with E-state index in [9.17, 15) is 15.3 Å². The molecule has 4 N–H and O–H groups in total. The van der Waals surface area contributed by atoms with E-state index in [1.54, 1.807) is 20.8 Å². The van der Waals surface area contributed by atoms with Crippen molar-refractivity contribution in [2.45, 2.75) is 64.8 Å². The average Bonchev–Trinajstić information content (AvgIpc) is 2.13. The van der Waals surface area contributed by atoms with Crippen molar-refractivity contribution >= 4 is 0 Å². The van der Waals surface area contributed by atoms with Crippen molar-refractivity contribution in [1.82, 2.24) is 0 Å². The molecule has 102 valence electrons. The first-order valence-electron chi connectivity index (χ1n) is 6.21. The van der Waals surface area contributed by atoms with Gasteiger partial charge in [-0.3, -0.25) is 0 Å². The van der Waals surface area contributed by atoms with Gasteiger partial charge in [-0.2, -0.15) is 0 Å². The minimum atomic E-state index is -0.480. The lowest BCUT2D eigenvalue weighted by Crippen LogP contribution is -2.13. The molecule has 0 aromatic heterocycles. The van der Waals surface area contributed by atoms with Gasteiger partial charge in [0, 0.05) is 6.61 Å². The van der Waals surface area contributed by atoms with Gasteiger partial charge in [-0.25, -0.2) is 0 Å². The molecule has 0 aromatic carbocycles. The Bertz CT molecular complexity index is 220. The van der Waals surface area contributed by atoms with Crippen LogP contribution < -0.4 is 0 Å². The Hall–Kier alpha value is -0.420. The minimum Gasteiger partial charge on any atom is -0.396 e. The summed E-state index contributed by atoms with van der Waals surface area (Å²) in [6.45, 7) is 5.10. The molecule has 0 radical (unpaired) electrons. The smallest absolute Gasteiger partial charge is 0.0549 e. The van der Waals surface area contributed by atoms with Gasteiger partial charge in [0.25, 0.3) is 0 Å². The molecule has 0 bridgehead atoms. The van der Waals surface area contributed by atoms with E-state index in [2.05, 4.69) is 0 Å². The zero-order valence-electron chi connectivity index (χ0n) is 11.1. The second-order valence-corrected chi connectivity index (χ2v) is 4.84. The second-order valence-electron chi connectivity index (χ2n) is 4.84. The normalized spacial score (nSPS) is 16.4. The van der Waals surface area contributed by atoms with Crippen molar-refractivity contribution in [3.05, 3.63) is 11.1 Å². The molecule has 17 heavy (non-hydrogen) atoms. The SMILES string of the molecule is CC(O)CC(CCO)=C(CC(C)O)CC(C)O. The van der Waals surface area contributed by atoms with Crippen LogP contribution in [-0.4, -0.2) is 45.3 Å². The highest BCUT2D eigenvalue weighted by Gasteiger charge is 2.13. The lowest BCUT2D eigenvalue weighted by Gasteiger charge is -2.19. The first kappa shape index (κ1) is 16.6. The summed E-state index contributed by atoms with van der Waals surface area (Å²) >= 11 is 0. The Morgan fingerprint density at radius 1 is 0.765 bits per heavy atom. The Kier molecular flexibility index (Phi) is 8.43. The van der Waals surface area contributed by atoms with Gasteiger partial charge in [0.2, 0.25) is 0 Å². The third-order valence-corrected chi connectivity index (χ3v) is 2.54. The van der Waals surface area contributed by atoms with Crippen molar-refractivity contribution in [2.75, 3.05) is 6.61 Å². The highest BCUT2D eigenvalue weighted by molar-refractivity contribution is 5.17. The summed E-state index contributed by atoms with van der Waals surface area (Å²) in [5, 5.41) is 37.3. The molecule has 3 atom stereocenters. The summed E-state index contributed by atoms with van der Waals surface area (Å²) in [6.07, 6.45) is 0.488. The third kappa shape index (κ3) is 8.32. The Morgan fingerprint density at radius 2 is 1.12 bits per heavy atom. The van der Waals surface area contributed by atoms with Gasteiger partial charge in [-0.05, 0) is 46.5 Å². The van der Waals surface area contributed by atoms with Crippen LogP contribution in [0.1, 0.15) is 46.5 Å². The lowest BCUT2D eigenvalue weighted by atomic mass is 9.92. The molecule has 0 fully saturated rings. The Morgan fingerprint density at radius 3 is 1.41 bits per heavy atom. The molecular formula is C13H26O4. The van der Waals surface area contributed by atoms with E-state index in [4.69, 9.17) is 5.11 Å². The molecule has 0 heterocycles. The molecule has 0 spiro atoms. The van der Waals surface area contributed by atoms with Gasteiger partial charge < -0.3 is 20.4 Å². The average molecular weight is 246 g/mol. The fraction of sp³-hybridized carbons (Fsp3) is 0.846. The van der Waals surface area contributed by atoms with Crippen molar-refractivity contribution in [1.29, 1.82) is 0 Å². The van der Waals surface area contributed by atoms with E-state index in [1.807, 2.05) is 0 Å². The van der Waals surface area contributed by atoms with Gasteiger partial charge in [-0.15, -0.1) is 0 Å². The fourth-order valence-electron chi connectivity index (χ4n) is 2.00. The summed E-state index contributed by atoms with van der Waals surface area (Å²) in [7, 11) is 0. The van der Waals surface area contributed by atoms with E-state index >= 15 is 0 Å². The molecule has 0 aliphatic heterocycles. The van der Waals surface area contributed by atoms with Crippen molar-refractivity contribution < 1.29 is 20.4 Å². The molecule has 3 unspecified atom stereocenters. The van der Waals surface area contributed by atoms with Crippen LogP contribution in [0.3, 0.4) is 0 Å². The van der Waals surface area contributed by atoms with Crippen LogP contribution in [0.5, 0.6) is 0 Å². The van der Waals surface area contributed by atoms with Crippen molar-refractivity contribution in [2.24, 2.45) is 0 Å².